The Morgan fingerprint density at radius 3 is 2.43 bits per heavy atom. The van der Waals surface area contributed by atoms with Crippen LogP contribution in [0.15, 0.2) is 23.2 Å². The van der Waals surface area contributed by atoms with Crippen LogP contribution in [-0.2, 0) is 10.1 Å². The summed E-state index contributed by atoms with van der Waals surface area (Å²) in [5.74, 6) is 0.326. The van der Waals surface area contributed by atoms with E-state index >= 15 is 0 Å². The first-order valence-electron chi connectivity index (χ1n) is 4.00. The van der Waals surface area contributed by atoms with Gasteiger partial charge >= 0.3 is 0 Å². The van der Waals surface area contributed by atoms with Crippen molar-refractivity contribution in [2.45, 2.75) is 24.8 Å². The molecule has 0 spiro atoms. The fourth-order valence-corrected chi connectivity index (χ4v) is 1.26. The number of pyridine rings is 1. The molecule has 0 aliphatic heterocycles. The lowest BCUT2D eigenvalue weighted by Crippen LogP contribution is -2.07. The van der Waals surface area contributed by atoms with E-state index in [0.29, 0.717) is 5.88 Å². The quantitative estimate of drug-likeness (QED) is 0.767. The van der Waals surface area contributed by atoms with Gasteiger partial charge in [-0.1, -0.05) is 0 Å². The summed E-state index contributed by atoms with van der Waals surface area (Å²) in [6.45, 7) is 3.66. The molecule has 1 aromatic rings. The van der Waals surface area contributed by atoms with E-state index in [0.717, 1.165) is 6.20 Å². The highest BCUT2D eigenvalue weighted by Crippen LogP contribution is 2.12. The van der Waals surface area contributed by atoms with Crippen LogP contribution in [0, 0.1) is 0 Å². The van der Waals surface area contributed by atoms with Crippen LogP contribution in [0.25, 0.3) is 0 Å². The second-order valence-corrected chi connectivity index (χ2v) is 4.40. The third-order valence-corrected chi connectivity index (χ3v) is 2.20. The van der Waals surface area contributed by atoms with Gasteiger partial charge in [0.05, 0.1) is 12.3 Å². The molecule has 0 aromatic carbocycles. The highest BCUT2D eigenvalue weighted by Gasteiger charge is 2.09. The highest BCUT2D eigenvalue weighted by molar-refractivity contribution is 7.85. The van der Waals surface area contributed by atoms with E-state index in [4.69, 9.17) is 9.29 Å². The number of ether oxygens (including phenoxy) is 1. The average molecular weight is 217 g/mol. The van der Waals surface area contributed by atoms with Crippen molar-refractivity contribution in [2.24, 2.45) is 0 Å². The third kappa shape index (κ3) is 2.97. The number of hydrogen-bond donors (Lipinski definition) is 1. The molecule has 1 N–H and O–H groups in total. The van der Waals surface area contributed by atoms with Gasteiger partial charge in [-0.25, -0.2) is 4.98 Å². The van der Waals surface area contributed by atoms with Gasteiger partial charge in [-0.05, 0) is 19.9 Å². The van der Waals surface area contributed by atoms with Crippen molar-refractivity contribution < 1.29 is 17.7 Å². The van der Waals surface area contributed by atoms with Gasteiger partial charge < -0.3 is 4.74 Å². The summed E-state index contributed by atoms with van der Waals surface area (Å²) >= 11 is 0. The molecule has 1 heterocycles. The Hall–Kier alpha value is -1.14. The third-order valence-electron chi connectivity index (χ3n) is 1.36. The molecule has 0 unspecified atom stereocenters. The summed E-state index contributed by atoms with van der Waals surface area (Å²) in [6, 6.07) is 2.63. The molecule has 0 fully saturated rings. The molecule has 0 saturated heterocycles. The summed E-state index contributed by atoms with van der Waals surface area (Å²) in [6.07, 6.45) is 1.02. The lowest BCUT2D eigenvalue weighted by molar-refractivity contribution is 0.232. The van der Waals surface area contributed by atoms with Crippen LogP contribution >= 0.6 is 0 Å². The Bertz CT molecular complexity index is 396. The molecule has 0 atom stereocenters. The van der Waals surface area contributed by atoms with Gasteiger partial charge in [0.25, 0.3) is 10.1 Å². The Labute approximate surface area is 82.5 Å². The Kier molecular flexibility index (Phi) is 3.07. The molecule has 1 rings (SSSR count). The van der Waals surface area contributed by atoms with Crippen molar-refractivity contribution in [3.05, 3.63) is 18.3 Å². The SMILES string of the molecule is CC(C)Oc1ccc(S(=O)(=O)O)cn1. The number of aromatic nitrogens is 1. The summed E-state index contributed by atoms with van der Waals surface area (Å²) in [4.78, 5) is 3.48. The molecule has 5 nitrogen and oxygen atoms in total. The molecule has 0 radical (unpaired) electrons. The first-order chi connectivity index (χ1) is 6.39. The first-order valence-corrected chi connectivity index (χ1v) is 5.44. The smallest absolute Gasteiger partial charge is 0.296 e. The zero-order valence-electron chi connectivity index (χ0n) is 7.84. The fraction of sp³-hybridized carbons (Fsp3) is 0.375. The summed E-state index contributed by atoms with van der Waals surface area (Å²) < 4.78 is 35.1. The number of hydrogen-bond acceptors (Lipinski definition) is 4. The van der Waals surface area contributed by atoms with Gasteiger partial charge in [-0.2, -0.15) is 8.42 Å². The summed E-state index contributed by atoms with van der Waals surface area (Å²) in [5.41, 5.74) is 0. The minimum absolute atomic E-state index is 0.0286. The van der Waals surface area contributed by atoms with Crippen LogP contribution in [-0.4, -0.2) is 24.1 Å². The maximum absolute atomic E-state index is 10.6. The van der Waals surface area contributed by atoms with Crippen LogP contribution in [0.1, 0.15) is 13.8 Å². The molecule has 78 valence electrons. The zero-order valence-corrected chi connectivity index (χ0v) is 8.65. The van der Waals surface area contributed by atoms with Crippen molar-refractivity contribution in [3.63, 3.8) is 0 Å². The summed E-state index contributed by atoms with van der Waals surface area (Å²) in [5, 5.41) is 0. The topological polar surface area (TPSA) is 76.5 Å². The van der Waals surface area contributed by atoms with Crippen LogP contribution in [0.2, 0.25) is 0 Å². The number of nitrogens with zero attached hydrogens (tertiary/aromatic N) is 1. The van der Waals surface area contributed by atoms with Crippen molar-refractivity contribution in [2.75, 3.05) is 0 Å². The van der Waals surface area contributed by atoms with Gasteiger partial charge in [-0.15, -0.1) is 0 Å². The van der Waals surface area contributed by atoms with E-state index in [9.17, 15) is 8.42 Å². The minimum atomic E-state index is -4.17. The Morgan fingerprint density at radius 2 is 2.07 bits per heavy atom. The van der Waals surface area contributed by atoms with E-state index in [1.807, 2.05) is 13.8 Å². The lowest BCUT2D eigenvalue weighted by atomic mass is 10.4. The first kappa shape index (κ1) is 10.9. The van der Waals surface area contributed by atoms with Gasteiger partial charge in [0.2, 0.25) is 5.88 Å². The van der Waals surface area contributed by atoms with Crippen molar-refractivity contribution in [3.8, 4) is 5.88 Å². The van der Waals surface area contributed by atoms with E-state index in [-0.39, 0.29) is 11.0 Å². The van der Waals surface area contributed by atoms with E-state index < -0.39 is 10.1 Å². The van der Waals surface area contributed by atoms with Crippen LogP contribution in [0.5, 0.6) is 5.88 Å². The maximum atomic E-state index is 10.6. The van der Waals surface area contributed by atoms with E-state index in [1.54, 1.807) is 0 Å². The monoisotopic (exact) mass is 217 g/mol. The predicted molar refractivity (Wildman–Crippen MR) is 49.8 cm³/mol. The van der Waals surface area contributed by atoms with Gasteiger partial charge in [0.1, 0.15) is 4.90 Å². The van der Waals surface area contributed by atoms with Crippen LogP contribution in [0.3, 0.4) is 0 Å². The average Bonchev–Trinajstić information content (AvgIpc) is 2.02. The van der Waals surface area contributed by atoms with E-state index in [1.165, 1.54) is 12.1 Å². The van der Waals surface area contributed by atoms with Gasteiger partial charge in [-0.3, -0.25) is 4.55 Å². The Morgan fingerprint density at radius 1 is 1.43 bits per heavy atom. The minimum Gasteiger partial charge on any atom is -0.475 e. The predicted octanol–water partition coefficient (Wildman–Crippen LogP) is 1.12. The normalized spacial score (nSPS) is 11.7. The van der Waals surface area contributed by atoms with Crippen molar-refractivity contribution >= 4 is 10.1 Å². The Balaban J connectivity index is 2.90. The molecule has 1 aromatic heterocycles. The second kappa shape index (κ2) is 3.93. The largest absolute Gasteiger partial charge is 0.475 e. The lowest BCUT2D eigenvalue weighted by Gasteiger charge is -2.07. The molecule has 0 saturated carbocycles. The molecular weight excluding hydrogens is 206 g/mol. The molecule has 0 aliphatic rings. The van der Waals surface area contributed by atoms with Crippen molar-refractivity contribution in [1.82, 2.24) is 4.98 Å². The maximum Gasteiger partial charge on any atom is 0.296 e. The number of rotatable bonds is 3. The van der Waals surface area contributed by atoms with Crippen LogP contribution in [0.4, 0.5) is 0 Å². The summed E-state index contributed by atoms with van der Waals surface area (Å²) in [7, 11) is -4.17. The molecule has 0 bridgehead atoms. The fourth-order valence-electron chi connectivity index (χ4n) is 0.831. The van der Waals surface area contributed by atoms with Crippen molar-refractivity contribution in [1.29, 1.82) is 0 Å². The van der Waals surface area contributed by atoms with Gasteiger partial charge in [0, 0.05) is 6.07 Å². The molecule has 0 amide bonds. The second-order valence-electron chi connectivity index (χ2n) is 2.97. The highest BCUT2D eigenvalue weighted by atomic mass is 32.2. The zero-order chi connectivity index (χ0) is 10.8. The molecule has 6 heteroatoms. The molecule has 14 heavy (non-hydrogen) atoms. The molecule has 0 aliphatic carbocycles. The molecular formula is C8H11NO4S. The van der Waals surface area contributed by atoms with E-state index in [2.05, 4.69) is 4.98 Å². The standard InChI is InChI=1S/C8H11NO4S/c1-6(2)13-8-4-3-7(5-9-8)14(10,11)12/h3-6H,1-2H3,(H,10,11,12). The van der Waals surface area contributed by atoms with Gasteiger partial charge in [0.15, 0.2) is 0 Å². The van der Waals surface area contributed by atoms with Crippen LogP contribution < -0.4 is 4.74 Å².